The summed E-state index contributed by atoms with van der Waals surface area (Å²) in [5.74, 6) is -1.96. The van der Waals surface area contributed by atoms with E-state index in [9.17, 15) is 10.2 Å². The third kappa shape index (κ3) is 7.77. The molecule has 0 amide bonds. The molecule has 0 saturated heterocycles. The van der Waals surface area contributed by atoms with Crippen molar-refractivity contribution < 1.29 is 10.2 Å². The molecule has 28 heavy (non-hydrogen) atoms. The van der Waals surface area contributed by atoms with Crippen LogP contribution in [0.2, 0.25) is 0 Å². The second kappa shape index (κ2) is 12.0. The highest BCUT2D eigenvalue weighted by molar-refractivity contribution is 5.56. The fourth-order valence-corrected chi connectivity index (χ4v) is 3.75. The van der Waals surface area contributed by atoms with E-state index in [4.69, 9.17) is 0 Å². The zero-order valence-electron chi connectivity index (χ0n) is 17.7. The number of allylic oxidation sites excluding steroid dienone is 3. The summed E-state index contributed by atoms with van der Waals surface area (Å²) in [6.07, 6.45) is 21.2. The summed E-state index contributed by atoms with van der Waals surface area (Å²) in [6.45, 7) is 4.43. The van der Waals surface area contributed by atoms with E-state index in [0.717, 1.165) is 31.3 Å². The van der Waals surface area contributed by atoms with Gasteiger partial charge in [0.25, 0.3) is 0 Å². The Balaban J connectivity index is 1.96. The van der Waals surface area contributed by atoms with E-state index in [0.29, 0.717) is 0 Å². The number of hydrogen-bond donors (Lipinski definition) is 2. The van der Waals surface area contributed by atoms with E-state index >= 15 is 0 Å². The molecule has 2 heteroatoms. The molecule has 2 nitrogen and oxygen atoms in total. The van der Waals surface area contributed by atoms with Gasteiger partial charge in [-0.2, -0.15) is 0 Å². The predicted molar refractivity (Wildman–Crippen MR) is 120 cm³/mol. The zero-order chi connectivity index (χ0) is 20.2. The number of aryl methyl sites for hydroxylation is 1. The number of rotatable bonds is 12. The van der Waals surface area contributed by atoms with Gasteiger partial charge in [-0.05, 0) is 42.0 Å². The molecule has 0 heterocycles. The summed E-state index contributed by atoms with van der Waals surface area (Å²) in [5.41, 5.74) is 3.64. The first-order chi connectivity index (χ1) is 13.5. The third-order valence-electron chi connectivity index (χ3n) is 5.57. The monoisotopic (exact) mass is 382 g/mol. The lowest BCUT2D eigenvalue weighted by Gasteiger charge is -2.29. The minimum atomic E-state index is -1.72. The van der Waals surface area contributed by atoms with Gasteiger partial charge in [-0.1, -0.05) is 107 Å². The second-order valence-corrected chi connectivity index (χ2v) is 8.13. The van der Waals surface area contributed by atoms with Crippen molar-refractivity contribution >= 4 is 6.08 Å². The Bertz CT molecular complexity index is 667. The Kier molecular flexibility index (Phi) is 9.73. The predicted octanol–water partition coefficient (Wildman–Crippen LogP) is 6.59. The average Bonchev–Trinajstić information content (AvgIpc) is 2.69. The minimum Gasteiger partial charge on any atom is -0.362 e. The molecular formula is C26H38O2. The van der Waals surface area contributed by atoms with Gasteiger partial charge in [0, 0.05) is 5.92 Å². The van der Waals surface area contributed by atoms with Gasteiger partial charge < -0.3 is 10.2 Å². The van der Waals surface area contributed by atoms with Gasteiger partial charge in [-0.3, -0.25) is 0 Å². The molecule has 1 aromatic rings. The van der Waals surface area contributed by atoms with Crippen LogP contribution in [0, 0.1) is 5.92 Å². The van der Waals surface area contributed by atoms with Crippen LogP contribution in [0.25, 0.3) is 6.08 Å². The number of hydrogen-bond acceptors (Lipinski definition) is 2. The van der Waals surface area contributed by atoms with Crippen LogP contribution in [0.1, 0.15) is 82.8 Å². The SMILES string of the molecule is CCCCCCc1cccc(C=CC2=CC(CCCCCC)C(O)(O)C=C2)c1. The van der Waals surface area contributed by atoms with Crippen LogP contribution in [0.15, 0.2) is 54.1 Å². The van der Waals surface area contributed by atoms with Crippen molar-refractivity contribution in [2.24, 2.45) is 5.92 Å². The molecule has 0 saturated carbocycles. The Morgan fingerprint density at radius 1 is 0.929 bits per heavy atom. The molecule has 1 atom stereocenters. The largest absolute Gasteiger partial charge is 0.362 e. The molecule has 154 valence electrons. The van der Waals surface area contributed by atoms with Crippen molar-refractivity contribution in [1.82, 2.24) is 0 Å². The molecule has 1 aromatic carbocycles. The molecule has 0 aromatic heterocycles. The zero-order valence-corrected chi connectivity index (χ0v) is 17.7. The van der Waals surface area contributed by atoms with E-state index in [1.165, 1.54) is 55.7 Å². The molecule has 0 aliphatic heterocycles. The fourth-order valence-electron chi connectivity index (χ4n) is 3.75. The van der Waals surface area contributed by atoms with Gasteiger partial charge in [0.15, 0.2) is 5.79 Å². The first-order valence-corrected chi connectivity index (χ1v) is 11.2. The highest BCUT2D eigenvalue weighted by atomic mass is 16.5. The fraction of sp³-hybridized carbons (Fsp3) is 0.538. The maximum Gasteiger partial charge on any atom is 0.189 e. The smallest absolute Gasteiger partial charge is 0.189 e. The van der Waals surface area contributed by atoms with Crippen LogP contribution in [0.4, 0.5) is 0 Å². The Morgan fingerprint density at radius 3 is 2.43 bits per heavy atom. The highest BCUT2D eigenvalue weighted by Gasteiger charge is 2.31. The van der Waals surface area contributed by atoms with Gasteiger partial charge in [-0.15, -0.1) is 0 Å². The normalized spacial score (nSPS) is 18.6. The Morgan fingerprint density at radius 2 is 1.68 bits per heavy atom. The van der Waals surface area contributed by atoms with Crippen molar-refractivity contribution in [2.45, 2.75) is 83.8 Å². The third-order valence-corrected chi connectivity index (χ3v) is 5.57. The Labute approximate surface area is 171 Å². The van der Waals surface area contributed by atoms with Crippen LogP contribution in [-0.2, 0) is 6.42 Å². The first-order valence-electron chi connectivity index (χ1n) is 11.2. The summed E-state index contributed by atoms with van der Waals surface area (Å²) in [5, 5.41) is 20.5. The van der Waals surface area contributed by atoms with Gasteiger partial charge in [0.1, 0.15) is 0 Å². The van der Waals surface area contributed by atoms with Crippen molar-refractivity contribution in [2.75, 3.05) is 0 Å². The molecular weight excluding hydrogens is 344 g/mol. The lowest BCUT2D eigenvalue weighted by Crippen LogP contribution is -2.36. The van der Waals surface area contributed by atoms with Crippen molar-refractivity contribution in [3.05, 3.63) is 65.3 Å². The van der Waals surface area contributed by atoms with Crippen LogP contribution in [0.5, 0.6) is 0 Å². The van der Waals surface area contributed by atoms with Gasteiger partial charge >= 0.3 is 0 Å². The molecule has 0 radical (unpaired) electrons. The van der Waals surface area contributed by atoms with E-state index in [1.54, 1.807) is 0 Å². The number of aliphatic hydroxyl groups is 2. The molecule has 0 fully saturated rings. The van der Waals surface area contributed by atoms with Crippen molar-refractivity contribution in [1.29, 1.82) is 0 Å². The standard InChI is InChI=1S/C26H38O2/c1-3-5-7-9-12-22-13-11-14-23(20-22)16-17-24-18-19-26(27,28)25(21-24)15-10-8-6-4-2/h11,13-14,16-21,25,27-28H,3-10,12,15H2,1-2H3. The summed E-state index contributed by atoms with van der Waals surface area (Å²) >= 11 is 0. The van der Waals surface area contributed by atoms with Gasteiger partial charge in [0.05, 0.1) is 0 Å². The van der Waals surface area contributed by atoms with Crippen LogP contribution < -0.4 is 0 Å². The average molecular weight is 383 g/mol. The molecule has 1 aliphatic rings. The lowest BCUT2D eigenvalue weighted by atomic mass is 9.86. The Hall–Kier alpha value is -1.64. The van der Waals surface area contributed by atoms with Crippen LogP contribution >= 0.6 is 0 Å². The topological polar surface area (TPSA) is 40.5 Å². The summed E-state index contributed by atoms with van der Waals surface area (Å²) in [6, 6.07) is 8.73. The van der Waals surface area contributed by atoms with E-state index in [-0.39, 0.29) is 5.92 Å². The summed E-state index contributed by atoms with van der Waals surface area (Å²) in [7, 11) is 0. The first kappa shape index (κ1) is 22.6. The summed E-state index contributed by atoms with van der Waals surface area (Å²) < 4.78 is 0. The van der Waals surface area contributed by atoms with Crippen molar-refractivity contribution in [3.8, 4) is 0 Å². The van der Waals surface area contributed by atoms with Crippen LogP contribution in [0.3, 0.4) is 0 Å². The highest BCUT2D eigenvalue weighted by Crippen LogP contribution is 2.30. The van der Waals surface area contributed by atoms with E-state index in [2.05, 4.69) is 50.3 Å². The number of unbranched alkanes of at least 4 members (excludes halogenated alkanes) is 6. The van der Waals surface area contributed by atoms with E-state index in [1.807, 2.05) is 12.2 Å². The molecule has 2 N–H and O–H groups in total. The van der Waals surface area contributed by atoms with Gasteiger partial charge in [-0.25, -0.2) is 0 Å². The minimum absolute atomic E-state index is 0.237. The number of benzene rings is 1. The molecule has 0 spiro atoms. The molecule has 1 unspecified atom stereocenters. The van der Waals surface area contributed by atoms with Crippen LogP contribution in [-0.4, -0.2) is 16.0 Å². The second-order valence-electron chi connectivity index (χ2n) is 8.13. The quantitative estimate of drug-likeness (QED) is 0.316. The molecule has 2 rings (SSSR count). The lowest BCUT2D eigenvalue weighted by molar-refractivity contribution is -0.150. The van der Waals surface area contributed by atoms with E-state index < -0.39 is 5.79 Å². The van der Waals surface area contributed by atoms with Gasteiger partial charge in [0.2, 0.25) is 0 Å². The summed E-state index contributed by atoms with van der Waals surface area (Å²) in [4.78, 5) is 0. The van der Waals surface area contributed by atoms with Crippen molar-refractivity contribution in [3.63, 3.8) is 0 Å². The maximum atomic E-state index is 10.3. The maximum absolute atomic E-state index is 10.3. The molecule has 1 aliphatic carbocycles. The molecule has 0 bridgehead atoms.